The van der Waals surface area contributed by atoms with Crippen LogP contribution in [0.3, 0.4) is 0 Å². The van der Waals surface area contributed by atoms with E-state index >= 15 is 0 Å². The summed E-state index contributed by atoms with van der Waals surface area (Å²) in [7, 11) is 0. The molecule has 1 N–H and O–H groups in total. The van der Waals surface area contributed by atoms with E-state index in [0.29, 0.717) is 16.3 Å². The second-order valence-corrected chi connectivity index (χ2v) is 6.42. The smallest absolute Gasteiger partial charge is 0.255 e. The lowest BCUT2D eigenvalue weighted by Crippen LogP contribution is -2.28. The molecule has 0 atom stereocenters. The third-order valence-corrected chi connectivity index (χ3v) is 4.38. The summed E-state index contributed by atoms with van der Waals surface area (Å²) in [6.45, 7) is 2.12. The van der Waals surface area contributed by atoms with Crippen LogP contribution in [0.2, 0.25) is 5.02 Å². The van der Waals surface area contributed by atoms with Gasteiger partial charge < -0.3 is 5.32 Å². The number of hydrogen-bond acceptors (Lipinski definition) is 3. The lowest BCUT2D eigenvalue weighted by molar-refractivity contribution is -0.139. The molecule has 2 aromatic carbocycles. The zero-order valence-corrected chi connectivity index (χ0v) is 14.5. The number of anilines is 1. The van der Waals surface area contributed by atoms with E-state index in [1.165, 1.54) is 4.90 Å². The number of carbonyl (C=O) groups is 3. The van der Waals surface area contributed by atoms with Gasteiger partial charge in [0.05, 0.1) is 6.54 Å². The number of hydrogen-bond donors (Lipinski definition) is 1. The van der Waals surface area contributed by atoms with Crippen LogP contribution in [0.5, 0.6) is 0 Å². The van der Waals surface area contributed by atoms with Crippen molar-refractivity contribution in [2.24, 2.45) is 0 Å². The summed E-state index contributed by atoms with van der Waals surface area (Å²) in [6.07, 6.45) is 0.555. The quantitative estimate of drug-likeness (QED) is 0.852. The van der Waals surface area contributed by atoms with Gasteiger partial charge in [0.15, 0.2) is 0 Å². The standard InChI is InChI=1S/C19H17ClN2O3/c1-12-10-15(20)6-7-16(12)21-19(25)14-4-2-13(3-5-14)11-22-17(23)8-9-18(22)24/h2-7,10H,8-9,11H2,1H3,(H,21,25). The number of imide groups is 1. The molecule has 0 bridgehead atoms. The van der Waals surface area contributed by atoms with E-state index in [-0.39, 0.29) is 37.1 Å². The number of nitrogens with one attached hydrogen (secondary N) is 1. The predicted octanol–water partition coefficient (Wildman–Crippen LogP) is 3.55. The molecule has 1 aliphatic heterocycles. The molecular formula is C19H17ClN2O3. The maximum Gasteiger partial charge on any atom is 0.255 e. The average Bonchev–Trinajstić information content (AvgIpc) is 2.90. The minimum absolute atomic E-state index is 0.148. The highest BCUT2D eigenvalue weighted by Crippen LogP contribution is 2.21. The molecule has 2 aromatic rings. The Kier molecular flexibility index (Phi) is 4.86. The molecule has 1 heterocycles. The molecule has 6 heteroatoms. The maximum atomic E-state index is 12.3. The molecule has 128 valence electrons. The molecular weight excluding hydrogens is 340 g/mol. The first kappa shape index (κ1) is 17.2. The summed E-state index contributed by atoms with van der Waals surface area (Å²) in [5, 5.41) is 3.46. The maximum absolute atomic E-state index is 12.3. The fraction of sp³-hybridized carbons (Fsp3) is 0.211. The summed E-state index contributed by atoms with van der Waals surface area (Å²) in [4.78, 5) is 36.9. The fourth-order valence-corrected chi connectivity index (χ4v) is 2.93. The van der Waals surface area contributed by atoms with E-state index in [1.54, 1.807) is 42.5 Å². The predicted molar refractivity (Wildman–Crippen MR) is 95.4 cm³/mol. The zero-order valence-electron chi connectivity index (χ0n) is 13.7. The van der Waals surface area contributed by atoms with Gasteiger partial charge >= 0.3 is 0 Å². The Labute approximate surface area is 150 Å². The molecule has 0 saturated carbocycles. The number of benzene rings is 2. The fourth-order valence-electron chi connectivity index (χ4n) is 2.71. The highest BCUT2D eigenvalue weighted by molar-refractivity contribution is 6.30. The Morgan fingerprint density at radius 3 is 2.32 bits per heavy atom. The van der Waals surface area contributed by atoms with Gasteiger partial charge in [-0.2, -0.15) is 0 Å². The highest BCUT2D eigenvalue weighted by atomic mass is 35.5. The Hall–Kier alpha value is -2.66. The van der Waals surface area contributed by atoms with Crippen LogP contribution in [-0.4, -0.2) is 22.6 Å². The van der Waals surface area contributed by atoms with Crippen molar-refractivity contribution in [1.82, 2.24) is 4.90 Å². The van der Waals surface area contributed by atoms with Crippen molar-refractivity contribution < 1.29 is 14.4 Å². The van der Waals surface area contributed by atoms with Crippen LogP contribution in [0, 0.1) is 6.92 Å². The third kappa shape index (κ3) is 3.88. The van der Waals surface area contributed by atoms with E-state index in [0.717, 1.165) is 11.1 Å². The lowest BCUT2D eigenvalue weighted by Gasteiger charge is -2.14. The van der Waals surface area contributed by atoms with E-state index in [2.05, 4.69) is 5.32 Å². The van der Waals surface area contributed by atoms with Gasteiger partial charge in [-0.05, 0) is 48.4 Å². The summed E-state index contributed by atoms with van der Waals surface area (Å²) in [6, 6.07) is 12.1. The number of halogens is 1. The molecule has 0 aliphatic carbocycles. The van der Waals surface area contributed by atoms with Crippen LogP contribution in [0.25, 0.3) is 0 Å². The first-order chi connectivity index (χ1) is 11.9. The van der Waals surface area contributed by atoms with E-state index < -0.39 is 0 Å². The Morgan fingerprint density at radius 2 is 1.72 bits per heavy atom. The Balaban J connectivity index is 1.68. The van der Waals surface area contributed by atoms with Gasteiger partial charge in [0.2, 0.25) is 11.8 Å². The number of rotatable bonds is 4. The normalized spacial score (nSPS) is 14.1. The monoisotopic (exact) mass is 356 g/mol. The van der Waals surface area contributed by atoms with Crippen LogP contribution >= 0.6 is 11.6 Å². The van der Waals surface area contributed by atoms with Crippen LogP contribution in [0.4, 0.5) is 5.69 Å². The third-order valence-electron chi connectivity index (χ3n) is 4.15. The molecule has 1 aliphatic rings. The van der Waals surface area contributed by atoms with Crippen molar-refractivity contribution in [3.8, 4) is 0 Å². The zero-order chi connectivity index (χ0) is 18.0. The van der Waals surface area contributed by atoms with Gasteiger partial charge in [0.25, 0.3) is 5.91 Å². The number of aryl methyl sites for hydroxylation is 1. The van der Waals surface area contributed by atoms with Gasteiger partial charge in [0, 0.05) is 29.1 Å². The largest absolute Gasteiger partial charge is 0.322 e. The van der Waals surface area contributed by atoms with Gasteiger partial charge in [-0.25, -0.2) is 0 Å². The van der Waals surface area contributed by atoms with Crippen LogP contribution in [0.1, 0.15) is 34.3 Å². The summed E-state index contributed by atoms with van der Waals surface area (Å²) < 4.78 is 0. The molecule has 0 aromatic heterocycles. The van der Waals surface area contributed by atoms with E-state index in [9.17, 15) is 14.4 Å². The summed E-state index contributed by atoms with van der Waals surface area (Å²) >= 11 is 5.91. The molecule has 0 radical (unpaired) electrons. The van der Waals surface area contributed by atoms with Crippen molar-refractivity contribution in [2.75, 3.05) is 5.32 Å². The minimum Gasteiger partial charge on any atom is -0.322 e. The van der Waals surface area contributed by atoms with Crippen molar-refractivity contribution in [3.05, 3.63) is 64.2 Å². The molecule has 3 rings (SSSR count). The topological polar surface area (TPSA) is 66.5 Å². The Bertz CT molecular complexity index is 830. The number of amides is 3. The van der Waals surface area contributed by atoms with Crippen LogP contribution < -0.4 is 5.32 Å². The van der Waals surface area contributed by atoms with Gasteiger partial charge in [-0.3, -0.25) is 19.3 Å². The summed E-state index contributed by atoms with van der Waals surface area (Å²) in [5.41, 5.74) is 2.88. The van der Waals surface area contributed by atoms with E-state index in [4.69, 9.17) is 11.6 Å². The highest BCUT2D eigenvalue weighted by Gasteiger charge is 2.28. The SMILES string of the molecule is Cc1cc(Cl)ccc1NC(=O)c1ccc(CN2C(=O)CCC2=O)cc1. The van der Waals surface area contributed by atoms with Crippen LogP contribution in [0.15, 0.2) is 42.5 Å². The first-order valence-corrected chi connectivity index (χ1v) is 8.31. The number of nitrogens with zero attached hydrogens (tertiary/aromatic N) is 1. The van der Waals surface area contributed by atoms with Crippen LogP contribution in [-0.2, 0) is 16.1 Å². The molecule has 0 unspecified atom stereocenters. The second-order valence-electron chi connectivity index (χ2n) is 5.98. The second kappa shape index (κ2) is 7.07. The minimum atomic E-state index is -0.231. The molecule has 0 spiro atoms. The van der Waals surface area contributed by atoms with Gasteiger partial charge in [-0.1, -0.05) is 23.7 Å². The molecule has 1 saturated heterocycles. The van der Waals surface area contributed by atoms with Gasteiger partial charge in [0.1, 0.15) is 0 Å². The average molecular weight is 357 g/mol. The Morgan fingerprint density at radius 1 is 1.08 bits per heavy atom. The van der Waals surface area contributed by atoms with Crippen molar-refractivity contribution in [3.63, 3.8) is 0 Å². The van der Waals surface area contributed by atoms with E-state index in [1.807, 2.05) is 6.92 Å². The first-order valence-electron chi connectivity index (χ1n) is 7.93. The lowest BCUT2D eigenvalue weighted by atomic mass is 10.1. The molecule has 25 heavy (non-hydrogen) atoms. The number of likely N-dealkylation sites (tertiary alicyclic amines) is 1. The molecule has 3 amide bonds. The van der Waals surface area contributed by atoms with Gasteiger partial charge in [-0.15, -0.1) is 0 Å². The molecule has 1 fully saturated rings. The molecule has 5 nitrogen and oxygen atoms in total. The van der Waals surface area contributed by atoms with Crippen molar-refractivity contribution in [2.45, 2.75) is 26.3 Å². The van der Waals surface area contributed by atoms with Crippen molar-refractivity contribution in [1.29, 1.82) is 0 Å². The number of carbonyl (C=O) groups excluding carboxylic acids is 3. The summed E-state index contributed by atoms with van der Waals surface area (Å²) in [5.74, 6) is -0.527. The van der Waals surface area contributed by atoms with Crippen molar-refractivity contribution >= 4 is 35.0 Å².